The summed E-state index contributed by atoms with van der Waals surface area (Å²) in [6.07, 6.45) is 1.51. The third kappa shape index (κ3) is 3.71. The van der Waals surface area contributed by atoms with Crippen molar-refractivity contribution in [1.29, 1.82) is 0 Å². The van der Waals surface area contributed by atoms with Gasteiger partial charge in [0.25, 0.3) is 0 Å². The molecule has 1 aromatic carbocycles. The van der Waals surface area contributed by atoms with Gasteiger partial charge >= 0.3 is 0 Å². The number of nitrogens with zero attached hydrogens (tertiary/aromatic N) is 3. The first-order chi connectivity index (χ1) is 11.5. The van der Waals surface area contributed by atoms with Gasteiger partial charge in [0, 0.05) is 19.0 Å². The summed E-state index contributed by atoms with van der Waals surface area (Å²) in [5.41, 5.74) is 6.75. The highest BCUT2D eigenvalue weighted by Crippen LogP contribution is 2.36. The van der Waals surface area contributed by atoms with E-state index in [4.69, 9.17) is 33.7 Å². The van der Waals surface area contributed by atoms with Gasteiger partial charge in [-0.1, -0.05) is 29.3 Å². The monoisotopic (exact) mass is 366 g/mol. The minimum atomic E-state index is 0.0611. The molecule has 2 N–H and O–H groups in total. The van der Waals surface area contributed by atoms with Crippen molar-refractivity contribution in [3.05, 3.63) is 34.4 Å². The maximum Gasteiger partial charge on any atom is 0.222 e. The molecule has 0 aliphatic carbocycles. The highest BCUT2D eigenvalue weighted by atomic mass is 35.5. The number of carbonyl (C=O) groups excluding carboxylic acids is 1. The number of amides is 1. The van der Waals surface area contributed by atoms with Crippen LogP contribution in [0.3, 0.4) is 0 Å². The number of nitrogen functional groups attached to an aromatic ring is 1. The van der Waals surface area contributed by atoms with Gasteiger partial charge in [0.1, 0.15) is 17.5 Å². The van der Waals surface area contributed by atoms with E-state index in [0.29, 0.717) is 41.6 Å². The Bertz CT molecular complexity index is 749. The Labute approximate surface area is 149 Å². The quantitative estimate of drug-likeness (QED) is 0.822. The van der Waals surface area contributed by atoms with Gasteiger partial charge in [-0.25, -0.2) is 9.97 Å². The summed E-state index contributed by atoms with van der Waals surface area (Å²) >= 11 is 12.3. The van der Waals surface area contributed by atoms with Crippen molar-refractivity contribution in [3.63, 3.8) is 0 Å². The van der Waals surface area contributed by atoms with Crippen LogP contribution in [0.4, 0.5) is 5.95 Å². The third-order valence-electron chi connectivity index (χ3n) is 3.73. The lowest BCUT2D eigenvalue weighted by Crippen LogP contribution is -2.29. The Morgan fingerprint density at radius 1 is 1.29 bits per heavy atom. The van der Waals surface area contributed by atoms with E-state index in [2.05, 4.69) is 9.97 Å². The number of aromatic nitrogens is 2. The molecule has 0 radical (unpaired) electrons. The molecule has 8 heteroatoms. The standard InChI is InChI=1S/C16H16Cl2N4O2/c17-10-3-1-4-12(24-8-7-22-6-2-5-14(22)23)15(10)11-9-13(18)21-16(19)20-11/h1,3-4,9H,2,5-8H2,(H2,19,20,21). The molecule has 1 aromatic heterocycles. The lowest BCUT2D eigenvalue weighted by Gasteiger charge is -2.17. The molecule has 0 unspecified atom stereocenters. The van der Waals surface area contributed by atoms with Crippen molar-refractivity contribution in [3.8, 4) is 17.0 Å². The molecule has 1 aliphatic rings. The van der Waals surface area contributed by atoms with E-state index < -0.39 is 0 Å². The summed E-state index contributed by atoms with van der Waals surface area (Å²) < 4.78 is 5.84. The molecule has 24 heavy (non-hydrogen) atoms. The van der Waals surface area contributed by atoms with E-state index >= 15 is 0 Å². The van der Waals surface area contributed by atoms with Gasteiger partial charge < -0.3 is 15.4 Å². The van der Waals surface area contributed by atoms with Gasteiger partial charge in [-0.3, -0.25) is 4.79 Å². The molecule has 1 fully saturated rings. The van der Waals surface area contributed by atoms with Gasteiger partial charge in [0.2, 0.25) is 11.9 Å². The van der Waals surface area contributed by atoms with Gasteiger partial charge in [-0.2, -0.15) is 0 Å². The average Bonchev–Trinajstić information content (AvgIpc) is 2.92. The zero-order valence-electron chi connectivity index (χ0n) is 12.8. The second-order valence-corrected chi connectivity index (χ2v) is 6.17. The van der Waals surface area contributed by atoms with Gasteiger partial charge in [0.05, 0.1) is 22.8 Å². The number of hydrogen-bond donors (Lipinski definition) is 1. The largest absolute Gasteiger partial charge is 0.491 e. The zero-order valence-corrected chi connectivity index (χ0v) is 14.3. The molecular formula is C16H16Cl2N4O2. The number of ether oxygens (including phenoxy) is 1. The lowest BCUT2D eigenvalue weighted by atomic mass is 10.1. The van der Waals surface area contributed by atoms with Crippen LogP contribution < -0.4 is 10.5 Å². The van der Waals surface area contributed by atoms with Crippen LogP contribution in [0.25, 0.3) is 11.3 Å². The number of nitrogens with two attached hydrogens (primary N) is 1. The Hall–Kier alpha value is -2.05. The molecule has 2 heterocycles. The van der Waals surface area contributed by atoms with Crippen molar-refractivity contribution in [2.75, 3.05) is 25.4 Å². The van der Waals surface area contributed by atoms with Crippen LogP contribution in [0.5, 0.6) is 5.75 Å². The number of anilines is 1. The molecule has 2 aromatic rings. The number of benzene rings is 1. The van der Waals surface area contributed by atoms with Crippen LogP contribution in [0.2, 0.25) is 10.2 Å². The average molecular weight is 367 g/mol. The molecule has 0 bridgehead atoms. The Morgan fingerprint density at radius 3 is 2.83 bits per heavy atom. The number of rotatable bonds is 5. The van der Waals surface area contributed by atoms with E-state index in [1.54, 1.807) is 29.2 Å². The highest BCUT2D eigenvalue weighted by molar-refractivity contribution is 6.34. The van der Waals surface area contributed by atoms with Crippen molar-refractivity contribution in [2.45, 2.75) is 12.8 Å². The van der Waals surface area contributed by atoms with Crippen LogP contribution in [-0.4, -0.2) is 40.5 Å². The lowest BCUT2D eigenvalue weighted by molar-refractivity contribution is -0.128. The summed E-state index contributed by atoms with van der Waals surface area (Å²) in [5.74, 6) is 0.787. The fourth-order valence-corrected chi connectivity index (χ4v) is 3.10. The summed E-state index contributed by atoms with van der Waals surface area (Å²) in [7, 11) is 0. The van der Waals surface area contributed by atoms with Gasteiger partial charge in [0.15, 0.2) is 0 Å². The number of hydrogen-bond acceptors (Lipinski definition) is 5. The second kappa shape index (κ2) is 7.23. The Balaban J connectivity index is 1.81. The van der Waals surface area contributed by atoms with E-state index in [1.807, 2.05) is 0 Å². The van der Waals surface area contributed by atoms with E-state index in [0.717, 1.165) is 13.0 Å². The van der Waals surface area contributed by atoms with Crippen LogP contribution >= 0.6 is 23.2 Å². The zero-order chi connectivity index (χ0) is 17.1. The first-order valence-electron chi connectivity index (χ1n) is 7.54. The minimum Gasteiger partial charge on any atom is -0.491 e. The van der Waals surface area contributed by atoms with Crippen molar-refractivity contribution in [2.24, 2.45) is 0 Å². The molecule has 0 atom stereocenters. The molecule has 3 rings (SSSR count). The molecule has 1 aliphatic heterocycles. The number of carbonyl (C=O) groups is 1. The minimum absolute atomic E-state index is 0.0611. The first kappa shape index (κ1) is 16.8. The topological polar surface area (TPSA) is 81.3 Å². The van der Waals surface area contributed by atoms with Gasteiger partial charge in [-0.15, -0.1) is 0 Å². The van der Waals surface area contributed by atoms with Crippen molar-refractivity contribution in [1.82, 2.24) is 14.9 Å². The summed E-state index contributed by atoms with van der Waals surface area (Å²) in [6.45, 7) is 1.69. The molecule has 1 saturated heterocycles. The van der Waals surface area contributed by atoms with E-state index in [-0.39, 0.29) is 17.0 Å². The molecule has 1 amide bonds. The molecular weight excluding hydrogens is 351 g/mol. The maximum atomic E-state index is 11.6. The van der Waals surface area contributed by atoms with E-state index in [9.17, 15) is 4.79 Å². The molecule has 0 saturated carbocycles. The van der Waals surface area contributed by atoms with Crippen LogP contribution in [0.15, 0.2) is 24.3 Å². The second-order valence-electron chi connectivity index (χ2n) is 5.38. The predicted octanol–water partition coefficient (Wildman–Crippen LogP) is 3.03. The Morgan fingerprint density at radius 2 is 2.12 bits per heavy atom. The normalized spacial score (nSPS) is 14.2. The SMILES string of the molecule is Nc1nc(Cl)cc(-c2c(Cl)cccc2OCCN2CCCC2=O)n1. The van der Waals surface area contributed by atoms with Crippen LogP contribution in [-0.2, 0) is 4.79 Å². The van der Waals surface area contributed by atoms with Crippen LogP contribution in [0, 0.1) is 0 Å². The number of halogens is 2. The fourth-order valence-electron chi connectivity index (χ4n) is 2.64. The van der Waals surface area contributed by atoms with Crippen molar-refractivity contribution < 1.29 is 9.53 Å². The summed E-state index contributed by atoms with van der Waals surface area (Å²) in [5, 5.41) is 0.699. The molecule has 6 nitrogen and oxygen atoms in total. The van der Waals surface area contributed by atoms with Crippen LogP contribution in [0.1, 0.15) is 12.8 Å². The summed E-state index contributed by atoms with van der Waals surface area (Å²) in [6, 6.07) is 6.89. The fraction of sp³-hybridized carbons (Fsp3) is 0.312. The third-order valence-corrected chi connectivity index (χ3v) is 4.24. The van der Waals surface area contributed by atoms with E-state index in [1.165, 1.54) is 0 Å². The number of likely N-dealkylation sites (tertiary alicyclic amines) is 1. The smallest absolute Gasteiger partial charge is 0.222 e. The summed E-state index contributed by atoms with van der Waals surface area (Å²) in [4.78, 5) is 21.5. The predicted molar refractivity (Wildman–Crippen MR) is 93.2 cm³/mol. The van der Waals surface area contributed by atoms with Crippen molar-refractivity contribution >= 4 is 35.1 Å². The molecule has 126 valence electrons. The Kier molecular flexibility index (Phi) is 5.06. The van der Waals surface area contributed by atoms with Gasteiger partial charge in [-0.05, 0) is 18.6 Å². The first-order valence-corrected chi connectivity index (χ1v) is 8.29. The molecule has 0 spiro atoms. The highest BCUT2D eigenvalue weighted by Gasteiger charge is 2.20. The maximum absolute atomic E-state index is 11.6.